The van der Waals surface area contributed by atoms with E-state index in [0.717, 1.165) is 11.3 Å². The van der Waals surface area contributed by atoms with Gasteiger partial charge in [-0.3, -0.25) is 0 Å². The van der Waals surface area contributed by atoms with Gasteiger partial charge < -0.3 is 10.4 Å². The molecule has 2 rings (SSSR count). The van der Waals surface area contributed by atoms with Crippen molar-refractivity contribution in [1.29, 1.82) is 0 Å². The predicted molar refractivity (Wildman–Crippen MR) is 73.4 cm³/mol. The van der Waals surface area contributed by atoms with Crippen LogP contribution in [0.3, 0.4) is 0 Å². The standard InChI is InChI=1S/C14H21NOS/c1-3-17-13-8-4-11(5-9-13)14(16)10(2)15-12-6-7-12/h4-5,8-10,12,14-16H,3,6-7H2,1-2H3. The molecule has 0 saturated heterocycles. The fourth-order valence-corrected chi connectivity index (χ4v) is 2.59. The zero-order valence-corrected chi connectivity index (χ0v) is 11.3. The molecule has 0 heterocycles. The van der Waals surface area contributed by atoms with Crippen molar-refractivity contribution in [3.8, 4) is 0 Å². The maximum absolute atomic E-state index is 10.2. The van der Waals surface area contributed by atoms with Gasteiger partial charge in [-0.2, -0.15) is 0 Å². The van der Waals surface area contributed by atoms with Crippen molar-refractivity contribution in [2.75, 3.05) is 5.75 Å². The second kappa shape index (κ2) is 5.89. The van der Waals surface area contributed by atoms with Crippen LogP contribution in [0.15, 0.2) is 29.2 Å². The van der Waals surface area contributed by atoms with E-state index in [1.165, 1.54) is 17.7 Å². The number of rotatable bonds is 6. The van der Waals surface area contributed by atoms with Crippen LogP contribution in [0.2, 0.25) is 0 Å². The minimum Gasteiger partial charge on any atom is -0.387 e. The van der Waals surface area contributed by atoms with Crippen molar-refractivity contribution in [2.24, 2.45) is 0 Å². The highest BCUT2D eigenvalue weighted by molar-refractivity contribution is 7.99. The van der Waals surface area contributed by atoms with E-state index in [9.17, 15) is 5.11 Å². The molecule has 1 aromatic rings. The molecule has 0 amide bonds. The Bertz CT molecular complexity index is 348. The number of thioether (sulfide) groups is 1. The first-order chi connectivity index (χ1) is 8.20. The Labute approximate surface area is 108 Å². The molecular formula is C14H21NOS. The molecule has 1 aliphatic carbocycles. The summed E-state index contributed by atoms with van der Waals surface area (Å²) in [6.45, 7) is 4.20. The third kappa shape index (κ3) is 3.73. The summed E-state index contributed by atoms with van der Waals surface area (Å²) in [5, 5.41) is 13.7. The minimum atomic E-state index is -0.406. The molecule has 0 aliphatic heterocycles. The van der Waals surface area contributed by atoms with Crippen molar-refractivity contribution in [3.05, 3.63) is 29.8 Å². The maximum Gasteiger partial charge on any atom is 0.0940 e. The molecule has 2 N–H and O–H groups in total. The zero-order chi connectivity index (χ0) is 12.3. The average molecular weight is 251 g/mol. The topological polar surface area (TPSA) is 32.3 Å². The predicted octanol–water partition coefficient (Wildman–Crippen LogP) is 2.97. The van der Waals surface area contributed by atoms with Gasteiger partial charge in [-0.25, -0.2) is 0 Å². The SMILES string of the molecule is CCSc1ccc(C(O)C(C)NC2CC2)cc1. The van der Waals surface area contributed by atoms with E-state index in [0.29, 0.717) is 6.04 Å². The number of hydrogen-bond donors (Lipinski definition) is 2. The smallest absolute Gasteiger partial charge is 0.0940 e. The first kappa shape index (κ1) is 12.9. The monoisotopic (exact) mass is 251 g/mol. The molecule has 0 aromatic heterocycles. The number of nitrogens with one attached hydrogen (secondary N) is 1. The lowest BCUT2D eigenvalue weighted by molar-refractivity contribution is 0.135. The van der Waals surface area contributed by atoms with Crippen molar-refractivity contribution in [1.82, 2.24) is 5.32 Å². The second-order valence-electron chi connectivity index (χ2n) is 4.68. The van der Waals surface area contributed by atoms with Gasteiger partial charge in [-0.05, 0) is 43.2 Å². The summed E-state index contributed by atoms with van der Waals surface area (Å²) in [7, 11) is 0. The molecule has 1 aliphatic rings. The largest absolute Gasteiger partial charge is 0.387 e. The molecule has 94 valence electrons. The fraction of sp³-hybridized carbons (Fsp3) is 0.571. The van der Waals surface area contributed by atoms with Crippen molar-refractivity contribution in [3.63, 3.8) is 0 Å². The van der Waals surface area contributed by atoms with E-state index in [1.807, 2.05) is 23.9 Å². The third-order valence-electron chi connectivity index (χ3n) is 3.08. The van der Waals surface area contributed by atoms with Crippen LogP contribution >= 0.6 is 11.8 Å². The Morgan fingerprint density at radius 3 is 2.53 bits per heavy atom. The lowest BCUT2D eigenvalue weighted by Crippen LogP contribution is -2.33. The number of aliphatic hydroxyl groups excluding tert-OH is 1. The second-order valence-corrected chi connectivity index (χ2v) is 6.01. The van der Waals surface area contributed by atoms with Gasteiger partial charge in [0.1, 0.15) is 0 Å². The quantitative estimate of drug-likeness (QED) is 0.762. The number of hydrogen-bond acceptors (Lipinski definition) is 3. The lowest BCUT2D eigenvalue weighted by atomic mass is 10.0. The van der Waals surface area contributed by atoms with Gasteiger partial charge in [0.25, 0.3) is 0 Å². The van der Waals surface area contributed by atoms with Crippen LogP contribution in [0, 0.1) is 0 Å². The number of benzene rings is 1. The normalized spacial score (nSPS) is 19.0. The molecule has 2 atom stereocenters. The van der Waals surface area contributed by atoms with Gasteiger partial charge in [-0.15, -0.1) is 11.8 Å². The van der Waals surface area contributed by atoms with Crippen molar-refractivity contribution >= 4 is 11.8 Å². The highest BCUT2D eigenvalue weighted by atomic mass is 32.2. The van der Waals surface area contributed by atoms with Crippen LogP contribution in [0.25, 0.3) is 0 Å². The molecule has 0 spiro atoms. The van der Waals surface area contributed by atoms with E-state index < -0.39 is 6.10 Å². The Morgan fingerprint density at radius 1 is 1.35 bits per heavy atom. The summed E-state index contributed by atoms with van der Waals surface area (Å²) in [5.41, 5.74) is 1.01. The Kier molecular flexibility index (Phi) is 4.48. The average Bonchev–Trinajstić information content (AvgIpc) is 3.13. The van der Waals surface area contributed by atoms with Crippen molar-refractivity contribution in [2.45, 2.75) is 49.8 Å². The molecule has 2 unspecified atom stereocenters. The summed E-state index contributed by atoms with van der Waals surface area (Å²) >= 11 is 1.83. The van der Waals surface area contributed by atoms with Crippen molar-refractivity contribution < 1.29 is 5.11 Å². The molecule has 2 nitrogen and oxygen atoms in total. The van der Waals surface area contributed by atoms with Gasteiger partial charge in [0.15, 0.2) is 0 Å². The summed E-state index contributed by atoms with van der Waals surface area (Å²) in [5.74, 6) is 1.08. The Morgan fingerprint density at radius 2 is 2.00 bits per heavy atom. The molecular weight excluding hydrogens is 230 g/mol. The third-order valence-corrected chi connectivity index (χ3v) is 3.98. The maximum atomic E-state index is 10.2. The van der Waals surface area contributed by atoms with Crippen LogP contribution < -0.4 is 5.32 Å². The summed E-state index contributed by atoms with van der Waals surface area (Å²) in [4.78, 5) is 1.27. The van der Waals surface area contributed by atoms with E-state index >= 15 is 0 Å². The summed E-state index contributed by atoms with van der Waals surface area (Å²) in [6, 6.07) is 9.02. The van der Waals surface area contributed by atoms with Gasteiger partial charge >= 0.3 is 0 Å². The van der Waals surface area contributed by atoms with E-state index in [-0.39, 0.29) is 6.04 Å². The highest BCUT2D eigenvalue weighted by Crippen LogP contribution is 2.25. The molecule has 17 heavy (non-hydrogen) atoms. The van der Waals surface area contributed by atoms with Crippen LogP contribution in [0.4, 0.5) is 0 Å². The first-order valence-corrected chi connectivity index (χ1v) is 7.36. The number of aliphatic hydroxyl groups is 1. The van der Waals surface area contributed by atoms with Gasteiger partial charge in [-0.1, -0.05) is 19.1 Å². The van der Waals surface area contributed by atoms with Crippen LogP contribution in [-0.2, 0) is 0 Å². The van der Waals surface area contributed by atoms with E-state index in [1.54, 1.807) is 0 Å². The van der Waals surface area contributed by atoms with Gasteiger partial charge in [0.2, 0.25) is 0 Å². The minimum absolute atomic E-state index is 0.132. The highest BCUT2D eigenvalue weighted by Gasteiger charge is 2.26. The molecule has 0 radical (unpaired) electrons. The Hall–Kier alpha value is -0.510. The lowest BCUT2D eigenvalue weighted by Gasteiger charge is -2.20. The van der Waals surface area contributed by atoms with Crippen LogP contribution in [0.5, 0.6) is 0 Å². The summed E-state index contributed by atoms with van der Waals surface area (Å²) < 4.78 is 0. The molecule has 1 saturated carbocycles. The molecule has 3 heteroatoms. The molecule has 0 bridgehead atoms. The zero-order valence-electron chi connectivity index (χ0n) is 10.5. The Balaban J connectivity index is 1.94. The fourth-order valence-electron chi connectivity index (χ4n) is 1.93. The summed E-state index contributed by atoms with van der Waals surface area (Å²) in [6.07, 6.45) is 2.10. The van der Waals surface area contributed by atoms with Crippen LogP contribution in [0.1, 0.15) is 38.4 Å². The van der Waals surface area contributed by atoms with Gasteiger partial charge in [0.05, 0.1) is 6.10 Å². The first-order valence-electron chi connectivity index (χ1n) is 6.37. The molecule has 1 aromatic carbocycles. The van der Waals surface area contributed by atoms with E-state index in [2.05, 4.69) is 31.3 Å². The van der Waals surface area contributed by atoms with Gasteiger partial charge in [0, 0.05) is 17.0 Å². The van der Waals surface area contributed by atoms with E-state index in [4.69, 9.17) is 0 Å². The van der Waals surface area contributed by atoms with Crippen LogP contribution in [-0.4, -0.2) is 22.9 Å². The molecule has 1 fully saturated rings.